The monoisotopic (exact) mass is 281 g/mol. The normalized spacial score (nSPS) is 11.2. The van der Waals surface area contributed by atoms with Crippen LogP contribution in [0, 0.1) is 6.92 Å². The van der Waals surface area contributed by atoms with Crippen molar-refractivity contribution < 1.29 is 9.53 Å². The van der Waals surface area contributed by atoms with Gasteiger partial charge in [0.2, 0.25) is 5.91 Å². The molecule has 0 saturated carbocycles. The standard InChI is InChI=1S/C15H23NO2S/c1-12-5-7-13(8-6-12)18-10-9-16-14(17)11-19-15(2,3)4/h5-8H,9-11H2,1-4H3,(H,16,17). The van der Waals surface area contributed by atoms with Gasteiger partial charge in [-0.3, -0.25) is 4.79 Å². The maximum absolute atomic E-state index is 11.6. The first kappa shape index (κ1) is 15.9. The second-order valence-corrected chi connectivity index (χ2v) is 7.21. The molecule has 4 heteroatoms. The molecule has 3 nitrogen and oxygen atoms in total. The number of amides is 1. The summed E-state index contributed by atoms with van der Waals surface area (Å²) in [7, 11) is 0. The number of ether oxygens (including phenoxy) is 1. The van der Waals surface area contributed by atoms with Crippen LogP contribution in [0.3, 0.4) is 0 Å². The summed E-state index contributed by atoms with van der Waals surface area (Å²) < 4.78 is 5.66. The van der Waals surface area contributed by atoms with Crippen LogP contribution in [-0.2, 0) is 4.79 Å². The molecule has 0 unspecified atom stereocenters. The topological polar surface area (TPSA) is 38.3 Å². The lowest BCUT2D eigenvalue weighted by atomic mass is 10.2. The van der Waals surface area contributed by atoms with Gasteiger partial charge in [0.15, 0.2) is 0 Å². The SMILES string of the molecule is Cc1ccc(OCCNC(=O)CSC(C)(C)C)cc1. The molecule has 1 aromatic rings. The number of nitrogens with one attached hydrogen (secondary N) is 1. The number of aryl methyl sites for hydroxylation is 1. The molecule has 0 heterocycles. The minimum absolute atomic E-state index is 0.0624. The number of carbonyl (C=O) groups is 1. The van der Waals surface area contributed by atoms with Gasteiger partial charge in [0, 0.05) is 4.75 Å². The van der Waals surface area contributed by atoms with Gasteiger partial charge in [-0.15, -0.1) is 11.8 Å². The second kappa shape index (κ2) is 7.43. The predicted octanol–water partition coefficient (Wildman–Crippen LogP) is 3.02. The molecular formula is C15H23NO2S. The highest BCUT2D eigenvalue weighted by molar-refractivity contribution is 8.01. The molecule has 106 valence electrons. The van der Waals surface area contributed by atoms with E-state index in [1.807, 2.05) is 31.2 Å². The zero-order chi connectivity index (χ0) is 14.3. The van der Waals surface area contributed by atoms with E-state index in [1.165, 1.54) is 5.56 Å². The van der Waals surface area contributed by atoms with Gasteiger partial charge < -0.3 is 10.1 Å². The van der Waals surface area contributed by atoms with Crippen molar-refractivity contribution in [1.29, 1.82) is 0 Å². The lowest BCUT2D eigenvalue weighted by Crippen LogP contribution is -2.30. The maximum Gasteiger partial charge on any atom is 0.230 e. The molecule has 0 bridgehead atoms. The number of benzene rings is 1. The molecule has 0 aromatic heterocycles. The fourth-order valence-corrected chi connectivity index (χ4v) is 1.99. The molecule has 0 spiro atoms. The van der Waals surface area contributed by atoms with Crippen LogP contribution < -0.4 is 10.1 Å². The zero-order valence-electron chi connectivity index (χ0n) is 12.2. The summed E-state index contributed by atoms with van der Waals surface area (Å²) in [4.78, 5) is 11.6. The number of thioether (sulfide) groups is 1. The van der Waals surface area contributed by atoms with Crippen molar-refractivity contribution in [2.45, 2.75) is 32.4 Å². The van der Waals surface area contributed by atoms with E-state index in [0.29, 0.717) is 18.9 Å². The smallest absolute Gasteiger partial charge is 0.230 e. The minimum atomic E-state index is 0.0624. The van der Waals surface area contributed by atoms with Gasteiger partial charge in [0.1, 0.15) is 12.4 Å². The number of hydrogen-bond acceptors (Lipinski definition) is 3. The predicted molar refractivity (Wildman–Crippen MR) is 81.9 cm³/mol. The van der Waals surface area contributed by atoms with Crippen molar-refractivity contribution in [2.75, 3.05) is 18.9 Å². The van der Waals surface area contributed by atoms with E-state index < -0.39 is 0 Å². The molecule has 1 aromatic carbocycles. The maximum atomic E-state index is 11.6. The molecule has 0 aliphatic rings. The second-order valence-electron chi connectivity index (χ2n) is 5.41. The summed E-state index contributed by atoms with van der Waals surface area (Å²) in [5, 5.41) is 2.85. The molecule has 0 saturated heterocycles. The molecule has 1 amide bonds. The third-order valence-corrected chi connectivity index (χ3v) is 3.62. The van der Waals surface area contributed by atoms with E-state index in [0.717, 1.165) is 5.75 Å². The van der Waals surface area contributed by atoms with Crippen LogP contribution in [0.15, 0.2) is 24.3 Å². The molecule has 0 fully saturated rings. The van der Waals surface area contributed by atoms with Gasteiger partial charge in [-0.2, -0.15) is 0 Å². The summed E-state index contributed by atoms with van der Waals surface area (Å²) in [6.45, 7) is 9.38. The zero-order valence-corrected chi connectivity index (χ0v) is 13.0. The number of rotatable bonds is 6. The first-order chi connectivity index (χ1) is 8.87. The summed E-state index contributed by atoms with van der Waals surface area (Å²) in [6.07, 6.45) is 0. The molecule has 19 heavy (non-hydrogen) atoms. The van der Waals surface area contributed by atoms with E-state index >= 15 is 0 Å². The van der Waals surface area contributed by atoms with E-state index in [1.54, 1.807) is 11.8 Å². The highest BCUT2D eigenvalue weighted by Crippen LogP contribution is 2.22. The highest BCUT2D eigenvalue weighted by Gasteiger charge is 2.12. The van der Waals surface area contributed by atoms with Gasteiger partial charge >= 0.3 is 0 Å². The van der Waals surface area contributed by atoms with E-state index in [2.05, 4.69) is 26.1 Å². The minimum Gasteiger partial charge on any atom is -0.492 e. The quantitative estimate of drug-likeness (QED) is 0.815. The Morgan fingerprint density at radius 2 is 1.89 bits per heavy atom. The van der Waals surface area contributed by atoms with Crippen molar-refractivity contribution in [1.82, 2.24) is 5.32 Å². The third-order valence-electron chi connectivity index (χ3n) is 2.35. The highest BCUT2D eigenvalue weighted by atomic mass is 32.2. The van der Waals surface area contributed by atoms with Crippen LogP contribution in [0.1, 0.15) is 26.3 Å². The summed E-state index contributed by atoms with van der Waals surface area (Å²) in [6, 6.07) is 7.89. The van der Waals surface area contributed by atoms with Crippen LogP contribution in [-0.4, -0.2) is 29.6 Å². The Balaban J connectivity index is 2.13. The molecule has 1 rings (SSSR count). The van der Waals surface area contributed by atoms with Gasteiger partial charge in [-0.05, 0) is 19.1 Å². The van der Waals surface area contributed by atoms with Gasteiger partial charge in [0.25, 0.3) is 0 Å². The summed E-state index contributed by atoms with van der Waals surface area (Å²) in [5.41, 5.74) is 1.21. The fourth-order valence-electron chi connectivity index (χ4n) is 1.33. The molecular weight excluding hydrogens is 258 g/mol. The van der Waals surface area contributed by atoms with Crippen molar-refractivity contribution in [2.24, 2.45) is 0 Å². The molecule has 0 aliphatic carbocycles. The van der Waals surface area contributed by atoms with Crippen LogP contribution in [0.25, 0.3) is 0 Å². The van der Waals surface area contributed by atoms with Crippen LogP contribution in [0.2, 0.25) is 0 Å². The Hall–Kier alpha value is -1.16. The molecule has 0 radical (unpaired) electrons. The third kappa shape index (κ3) is 7.78. The Bertz CT molecular complexity index is 396. The fraction of sp³-hybridized carbons (Fsp3) is 0.533. The average molecular weight is 281 g/mol. The Kier molecular flexibility index (Phi) is 6.22. The summed E-state index contributed by atoms with van der Waals surface area (Å²) in [5.74, 6) is 1.39. The lowest BCUT2D eigenvalue weighted by molar-refractivity contribution is -0.118. The molecule has 0 atom stereocenters. The van der Waals surface area contributed by atoms with E-state index in [4.69, 9.17) is 4.74 Å². The number of hydrogen-bond donors (Lipinski definition) is 1. The molecule has 1 N–H and O–H groups in total. The first-order valence-electron chi connectivity index (χ1n) is 6.47. The Labute approximate surface area is 120 Å². The average Bonchev–Trinajstić information content (AvgIpc) is 2.33. The van der Waals surface area contributed by atoms with Gasteiger partial charge in [-0.1, -0.05) is 38.5 Å². The van der Waals surface area contributed by atoms with Crippen LogP contribution in [0.5, 0.6) is 5.75 Å². The molecule has 0 aliphatic heterocycles. The van der Waals surface area contributed by atoms with Crippen molar-refractivity contribution in [3.63, 3.8) is 0 Å². The lowest BCUT2D eigenvalue weighted by Gasteiger charge is -2.17. The Morgan fingerprint density at radius 1 is 1.26 bits per heavy atom. The largest absolute Gasteiger partial charge is 0.492 e. The van der Waals surface area contributed by atoms with Crippen LogP contribution >= 0.6 is 11.8 Å². The summed E-state index contributed by atoms with van der Waals surface area (Å²) >= 11 is 1.64. The van der Waals surface area contributed by atoms with E-state index in [9.17, 15) is 4.79 Å². The van der Waals surface area contributed by atoms with Gasteiger partial charge in [0.05, 0.1) is 12.3 Å². The first-order valence-corrected chi connectivity index (χ1v) is 7.45. The van der Waals surface area contributed by atoms with Gasteiger partial charge in [-0.25, -0.2) is 0 Å². The van der Waals surface area contributed by atoms with Crippen molar-refractivity contribution in [3.05, 3.63) is 29.8 Å². The van der Waals surface area contributed by atoms with E-state index in [-0.39, 0.29) is 10.7 Å². The number of carbonyl (C=O) groups excluding carboxylic acids is 1. The van der Waals surface area contributed by atoms with Crippen molar-refractivity contribution in [3.8, 4) is 5.75 Å². The van der Waals surface area contributed by atoms with Crippen LogP contribution in [0.4, 0.5) is 0 Å². The van der Waals surface area contributed by atoms with Crippen molar-refractivity contribution >= 4 is 17.7 Å². The Morgan fingerprint density at radius 3 is 2.47 bits per heavy atom.